The van der Waals surface area contributed by atoms with Gasteiger partial charge in [0.05, 0.1) is 0 Å². The fraction of sp³-hybridized carbons (Fsp3) is 0.467. The topological polar surface area (TPSA) is 52.6 Å². The van der Waals surface area contributed by atoms with E-state index in [1.165, 1.54) is 13.8 Å². The second-order valence-electron chi connectivity index (χ2n) is 3.98. The molecule has 2 atom stereocenters. The number of terminal acetylenes is 1. The van der Waals surface area contributed by atoms with Crippen molar-refractivity contribution >= 4 is 11.9 Å². The molecule has 0 amide bonds. The van der Waals surface area contributed by atoms with Gasteiger partial charge in [-0.3, -0.25) is 9.59 Å². The van der Waals surface area contributed by atoms with Crippen LogP contribution in [0.25, 0.3) is 0 Å². The summed E-state index contributed by atoms with van der Waals surface area (Å²) in [5.41, 5.74) is 0. The maximum absolute atomic E-state index is 10.9. The summed E-state index contributed by atoms with van der Waals surface area (Å²) in [5, 5.41) is 0. The maximum atomic E-state index is 10.9. The molecule has 0 aliphatic heterocycles. The summed E-state index contributed by atoms with van der Waals surface area (Å²) in [5.74, 6) is 1.74. The highest BCUT2D eigenvalue weighted by atomic mass is 16.5. The molecule has 4 heteroatoms. The maximum Gasteiger partial charge on any atom is 0.303 e. The third-order valence-corrected chi connectivity index (χ3v) is 2.14. The van der Waals surface area contributed by atoms with Crippen LogP contribution in [0, 0.1) is 12.3 Å². The fourth-order valence-corrected chi connectivity index (χ4v) is 1.46. The van der Waals surface area contributed by atoms with Crippen LogP contribution in [0.4, 0.5) is 0 Å². The summed E-state index contributed by atoms with van der Waals surface area (Å²) in [4.78, 5) is 21.8. The molecule has 0 saturated heterocycles. The minimum atomic E-state index is -0.365. The van der Waals surface area contributed by atoms with Gasteiger partial charge in [-0.1, -0.05) is 12.2 Å². The standard InChI is InChI=1S/C15H20O4/c1-5-8-14(18-12(3)16)10-7-11-15(9-6-2)19-13(4)17/h1,6-7,11,14-15H,2,8-10H2,3-4H3/b11-7+/t14-,15-/m1/s1. The summed E-state index contributed by atoms with van der Waals surface area (Å²) in [7, 11) is 0. The van der Waals surface area contributed by atoms with Crippen molar-refractivity contribution in [2.45, 2.75) is 45.3 Å². The van der Waals surface area contributed by atoms with Crippen molar-refractivity contribution in [1.82, 2.24) is 0 Å². The van der Waals surface area contributed by atoms with Crippen LogP contribution in [0.2, 0.25) is 0 Å². The molecule has 0 radical (unpaired) electrons. The molecular formula is C15H20O4. The number of hydrogen-bond acceptors (Lipinski definition) is 4. The van der Waals surface area contributed by atoms with Crippen molar-refractivity contribution in [1.29, 1.82) is 0 Å². The molecule has 0 unspecified atom stereocenters. The van der Waals surface area contributed by atoms with E-state index in [0.717, 1.165) is 0 Å². The molecule has 0 N–H and O–H groups in total. The zero-order valence-corrected chi connectivity index (χ0v) is 11.4. The average molecular weight is 264 g/mol. The summed E-state index contributed by atoms with van der Waals surface area (Å²) in [6, 6.07) is 0. The van der Waals surface area contributed by atoms with Gasteiger partial charge in [-0.25, -0.2) is 0 Å². The quantitative estimate of drug-likeness (QED) is 0.384. The number of hydrogen-bond donors (Lipinski definition) is 0. The van der Waals surface area contributed by atoms with Gasteiger partial charge < -0.3 is 9.47 Å². The Bertz CT molecular complexity index is 376. The second kappa shape index (κ2) is 9.95. The van der Waals surface area contributed by atoms with Crippen LogP contribution in [-0.2, 0) is 19.1 Å². The van der Waals surface area contributed by atoms with E-state index in [9.17, 15) is 9.59 Å². The van der Waals surface area contributed by atoms with E-state index in [2.05, 4.69) is 12.5 Å². The van der Waals surface area contributed by atoms with Crippen LogP contribution < -0.4 is 0 Å². The molecule has 0 aliphatic carbocycles. The van der Waals surface area contributed by atoms with E-state index in [4.69, 9.17) is 15.9 Å². The molecule has 0 spiro atoms. The lowest BCUT2D eigenvalue weighted by Crippen LogP contribution is -2.16. The molecule has 0 saturated carbocycles. The van der Waals surface area contributed by atoms with Crippen molar-refractivity contribution in [2.75, 3.05) is 0 Å². The number of rotatable bonds is 8. The molecule has 0 fully saturated rings. The number of carbonyl (C=O) groups excluding carboxylic acids is 2. The third kappa shape index (κ3) is 9.66. The Hall–Kier alpha value is -2.02. The molecule has 4 nitrogen and oxygen atoms in total. The molecule has 0 bridgehead atoms. The van der Waals surface area contributed by atoms with Gasteiger partial charge in [-0.2, -0.15) is 0 Å². The number of ether oxygens (including phenoxy) is 2. The first-order valence-electron chi connectivity index (χ1n) is 6.05. The lowest BCUT2D eigenvalue weighted by molar-refractivity contribution is -0.146. The minimum Gasteiger partial charge on any atom is -0.461 e. The molecule has 0 aromatic heterocycles. The van der Waals surface area contributed by atoms with Gasteiger partial charge in [-0.15, -0.1) is 18.9 Å². The van der Waals surface area contributed by atoms with Crippen LogP contribution in [-0.4, -0.2) is 24.1 Å². The van der Waals surface area contributed by atoms with E-state index in [1.807, 2.05) is 0 Å². The Morgan fingerprint density at radius 2 is 1.89 bits per heavy atom. The highest BCUT2D eigenvalue weighted by Gasteiger charge is 2.10. The largest absolute Gasteiger partial charge is 0.461 e. The van der Waals surface area contributed by atoms with E-state index in [0.29, 0.717) is 19.3 Å². The van der Waals surface area contributed by atoms with E-state index < -0.39 is 0 Å². The molecule has 0 aromatic carbocycles. The van der Waals surface area contributed by atoms with E-state index >= 15 is 0 Å². The SMILES string of the molecule is C#CC[C@H](C/C=C/[C@@H](CC=C)OC(C)=O)OC(C)=O. The molecule has 0 aromatic rings. The van der Waals surface area contributed by atoms with Crippen molar-refractivity contribution in [2.24, 2.45) is 0 Å². The van der Waals surface area contributed by atoms with Gasteiger partial charge >= 0.3 is 11.9 Å². The first-order valence-corrected chi connectivity index (χ1v) is 6.05. The average Bonchev–Trinajstić information content (AvgIpc) is 2.27. The predicted molar refractivity (Wildman–Crippen MR) is 73.1 cm³/mol. The van der Waals surface area contributed by atoms with E-state index in [1.54, 1.807) is 18.2 Å². The zero-order valence-electron chi connectivity index (χ0n) is 11.4. The lowest BCUT2D eigenvalue weighted by Gasteiger charge is -2.13. The van der Waals surface area contributed by atoms with Crippen molar-refractivity contribution in [3.63, 3.8) is 0 Å². The van der Waals surface area contributed by atoms with Gasteiger partial charge in [0.15, 0.2) is 0 Å². The zero-order chi connectivity index (χ0) is 14.7. The summed E-state index contributed by atoms with van der Waals surface area (Å²) < 4.78 is 10.1. The Morgan fingerprint density at radius 3 is 2.37 bits per heavy atom. The van der Waals surface area contributed by atoms with Gasteiger partial charge in [0.1, 0.15) is 12.2 Å². The predicted octanol–water partition coefficient (Wildman–Crippen LogP) is 2.40. The molecule has 104 valence electrons. The smallest absolute Gasteiger partial charge is 0.303 e. The van der Waals surface area contributed by atoms with E-state index in [-0.39, 0.29) is 24.1 Å². The van der Waals surface area contributed by atoms with Gasteiger partial charge in [0.2, 0.25) is 0 Å². The molecule has 0 heterocycles. The van der Waals surface area contributed by atoms with Crippen LogP contribution in [0.1, 0.15) is 33.1 Å². The number of esters is 2. The second-order valence-corrected chi connectivity index (χ2v) is 3.98. The fourth-order valence-electron chi connectivity index (χ4n) is 1.46. The van der Waals surface area contributed by atoms with Crippen LogP contribution in [0.15, 0.2) is 24.8 Å². The Balaban J connectivity index is 4.39. The molecule has 0 rings (SSSR count). The molecule has 0 aliphatic rings. The monoisotopic (exact) mass is 264 g/mol. The van der Waals surface area contributed by atoms with Crippen LogP contribution in [0.5, 0.6) is 0 Å². The Morgan fingerprint density at radius 1 is 1.26 bits per heavy atom. The first-order chi connectivity index (χ1) is 8.99. The van der Waals surface area contributed by atoms with Gasteiger partial charge in [0, 0.05) is 33.1 Å². The van der Waals surface area contributed by atoms with Gasteiger partial charge in [-0.05, 0) is 6.08 Å². The lowest BCUT2D eigenvalue weighted by atomic mass is 10.1. The van der Waals surface area contributed by atoms with Crippen LogP contribution >= 0.6 is 0 Å². The van der Waals surface area contributed by atoms with Crippen molar-refractivity contribution in [3.8, 4) is 12.3 Å². The van der Waals surface area contributed by atoms with Gasteiger partial charge in [0.25, 0.3) is 0 Å². The minimum absolute atomic E-state index is 0.347. The highest BCUT2D eigenvalue weighted by Crippen LogP contribution is 2.08. The summed E-state index contributed by atoms with van der Waals surface area (Å²) in [6.45, 7) is 6.29. The number of carbonyl (C=O) groups is 2. The first kappa shape index (κ1) is 17.0. The third-order valence-electron chi connectivity index (χ3n) is 2.14. The molecular weight excluding hydrogens is 244 g/mol. The Kier molecular flexibility index (Phi) is 8.90. The van der Waals surface area contributed by atoms with Crippen molar-refractivity contribution in [3.05, 3.63) is 24.8 Å². The van der Waals surface area contributed by atoms with Crippen molar-refractivity contribution < 1.29 is 19.1 Å². The molecule has 19 heavy (non-hydrogen) atoms. The summed E-state index contributed by atoms with van der Waals surface area (Å²) in [6.07, 6.45) is 11.1. The van der Waals surface area contributed by atoms with Crippen LogP contribution in [0.3, 0.4) is 0 Å². The summed E-state index contributed by atoms with van der Waals surface area (Å²) >= 11 is 0. The highest BCUT2D eigenvalue weighted by molar-refractivity contribution is 5.66. The Labute approximate surface area is 114 Å². The normalized spacial score (nSPS) is 13.3.